The van der Waals surface area contributed by atoms with Crippen LogP contribution >= 0.6 is 23.8 Å². The van der Waals surface area contributed by atoms with Crippen molar-refractivity contribution in [3.8, 4) is 11.6 Å². The van der Waals surface area contributed by atoms with Crippen LogP contribution in [-0.4, -0.2) is 20.9 Å². The molecule has 3 heteroatoms. The zero-order valence-electron chi connectivity index (χ0n) is 22.3. The van der Waals surface area contributed by atoms with Crippen LogP contribution in [0.15, 0.2) is 60.7 Å². The van der Waals surface area contributed by atoms with Gasteiger partial charge in [-0.15, -0.1) is 0 Å². The normalized spacial score (nSPS) is 41.5. The molecule has 4 saturated heterocycles. The maximum Gasteiger partial charge on any atom is 0.0431 e. The molecule has 2 unspecified atom stereocenters. The number of hydrogen-bond acceptors (Lipinski definition) is 0. The second-order valence-electron chi connectivity index (χ2n) is 13.9. The average molecular weight is 505 g/mol. The van der Waals surface area contributed by atoms with Crippen LogP contribution in [-0.2, 0) is 5.16 Å². The lowest BCUT2D eigenvalue weighted by molar-refractivity contribution is 0.350. The minimum Gasteiger partial charge on any atom is -0.0796 e. The van der Waals surface area contributed by atoms with E-state index in [0.29, 0.717) is 25.8 Å². The maximum atomic E-state index is 4.15. The molecule has 34 heavy (non-hydrogen) atoms. The molecule has 4 aliphatic heterocycles. The highest BCUT2D eigenvalue weighted by Crippen LogP contribution is 3.28. The van der Waals surface area contributed by atoms with Crippen molar-refractivity contribution in [3.05, 3.63) is 71.8 Å². The lowest BCUT2D eigenvalue weighted by atomic mass is 9.76. The van der Waals surface area contributed by atoms with E-state index in [-0.39, 0.29) is 21.3 Å². The molecule has 4 heterocycles. The van der Waals surface area contributed by atoms with Gasteiger partial charge in [0.2, 0.25) is 0 Å². The van der Waals surface area contributed by atoms with E-state index in [1.807, 2.05) is 0 Å². The molecule has 0 bridgehead atoms. The average Bonchev–Trinajstić information content (AvgIpc) is 3.55. The van der Waals surface area contributed by atoms with Gasteiger partial charge in [-0.3, -0.25) is 0 Å². The van der Waals surface area contributed by atoms with Crippen molar-refractivity contribution < 1.29 is 0 Å². The van der Waals surface area contributed by atoms with Crippen molar-refractivity contribution in [1.29, 1.82) is 0 Å². The Bertz CT molecular complexity index is 1200. The summed E-state index contributed by atoms with van der Waals surface area (Å²) in [4.78, 5) is 0.790. The van der Waals surface area contributed by atoms with E-state index < -0.39 is 7.92 Å². The molecule has 0 radical (unpaired) electrons. The quantitative estimate of drug-likeness (QED) is 0.268. The zero-order valence-corrected chi connectivity index (χ0v) is 25.0. The van der Waals surface area contributed by atoms with Gasteiger partial charge in [-0.25, -0.2) is 0 Å². The predicted octanol–water partition coefficient (Wildman–Crippen LogP) is 9.62. The molecule has 0 nitrogen and oxygen atoms in total. The van der Waals surface area contributed by atoms with Crippen LogP contribution in [0, 0.1) is 27.8 Å². The van der Waals surface area contributed by atoms with Crippen LogP contribution in [0.3, 0.4) is 0 Å². The molecule has 0 N–H and O–H groups in total. The van der Waals surface area contributed by atoms with Gasteiger partial charge >= 0.3 is 0 Å². The first-order valence-electron chi connectivity index (χ1n) is 12.8. The van der Waals surface area contributed by atoms with Gasteiger partial charge in [0.05, 0.1) is 0 Å². The molecule has 6 rings (SSSR count). The van der Waals surface area contributed by atoms with Gasteiger partial charge in [0.15, 0.2) is 0 Å². The third-order valence-electron chi connectivity index (χ3n) is 8.99. The van der Waals surface area contributed by atoms with E-state index in [0.717, 1.165) is 11.1 Å². The molecule has 8 atom stereocenters. The van der Waals surface area contributed by atoms with Crippen LogP contribution in [0.25, 0.3) is 0 Å². The van der Waals surface area contributed by atoms with Crippen molar-refractivity contribution in [2.75, 3.05) is 0 Å². The van der Waals surface area contributed by atoms with Crippen LogP contribution in [0.1, 0.15) is 73.4 Å². The monoisotopic (exact) mass is 504 g/mol. The molecule has 0 aliphatic carbocycles. The molecule has 0 aromatic heterocycles. The Morgan fingerprint density at radius 2 is 1.29 bits per heavy atom. The molecule has 178 valence electrons. The summed E-state index contributed by atoms with van der Waals surface area (Å²) in [6, 6.07) is 22.6. The maximum absolute atomic E-state index is 4.15. The Morgan fingerprint density at radius 3 is 1.79 bits per heavy atom. The lowest BCUT2D eigenvalue weighted by Crippen LogP contribution is -2.39. The highest BCUT2D eigenvalue weighted by molar-refractivity contribution is 8.09. The second kappa shape index (κ2) is 6.78. The van der Waals surface area contributed by atoms with Gasteiger partial charge in [-0.1, -0.05) is 138 Å². The Labute approximate surface area is 211 Å². The minimum absolute atomic E-state index is 0.0228. The fraction of sp³-hybridized carbons (Fsp3) is 0.548. The smallest absolute Gasteiger partial charge is 0.0431 e. The summed E-state index contributed by atoms with van der Waals surface area (Å²) in [5.41, 5.74) is 8.79. The van der Waals surface area contributed by atoms with E-state index in [4.69, 9.17) is 0 Å². The molecular formula is C31H39P3. The topological polar surface area (TPSA) is 0 Å². The summed E-state index contributed by atoms with van der Waals surface area (Å²) in [6.45, 7) is 23.1. The van der Waals surface area contributed by atoms with Crippen molar-refractivity contribution >= 4 is 23.8 Å². The number of fused-ring (bicyclic) bond motifs is 2. The van der Waals surface area contributed by atoms with Crippen LogP contribution in [0.5, 0.6) is 0 Å². The molecule has 2 aromatic rings. The molecule has 4 aliphatic rings. The van der Waals surface area contributed by atoms with Gasteiger partial charge in [-0.2, -0.15) is 0 Å². The first kappa shape index (κ1) is 23.7. The highest BCUT2D eigenvalue weighted by Gasteiger charge is 3.08. The Hall–Kier alpha value is -0.710. The van der Waals surface area contributed by atoms with E-state index >= 15 is 0 Å². The molecule has 4 fully saturated rings. The van der Waals surface area contributed by atoms with E-state index in [1.54, 1.807) is 5.56 Å². The van der Waals surface area contributed by atoms with E-state index in [1.165, 1.54) is 5.56 Å². The van der Waals surface area contributed by atoms with Crippen LogP contribution < -0.4 is 0 Å². The SMILES string of the molecule is CC(C)(C)[C@H]1P2[C@@H]3[C@@]2(C(C)(C)C)[P@](C#Cc2ccccc2)[C@]2(C(C)(C)C)P1[C@]32c1ccccc1. The van der Waals surface area contributed by atoms with Crippen molar-refractivity contribution in [2.24, 2.45) is 16.2 Å². The fourth-order valence-electron chi connectivity index (χ4n) is 8.29. The largest absolute Gasteiger partial charge is 0.0796 e. The molecule has 0 amide bonds. The number of rotatable bonds is 1. The molecular weight excluding hydrogens is 465 g/mol. The highest BCUT2D eigenvalue weighted by atomic mass is 31.2. The Kier molecular flexibility index (Phi) is 4.72. The van der Waals surface area contributed by atoms with E-state index in [2.05, 4.69) is 135 Å². The Morgan fingerprint density at radius 1 is 0.735 bits per heavy atom. The van der Waals surface area contributed by atoms with Gasteiger partial charge in [-0.05, 0) is 41.9 Å². The second-order valence-corrected chi connectivity index (χ2v) is 22.5. The zero-order chi connectivity index (χ0) is 24.5. The summed E-state index contributed by atoms with van der Waals surface area (Å²) in [7, 11) is -0.561. The third kappa shape index (κ3) is 2.40. The molecule has 0 saturated carbocycles. The van der Waals surface area contributed by atoms with Crippen molar-refractivity contribution in [1.82, 2.24) is 0 Å². The summed E-state index contributed by atoms with van der Waals surface area (Å²) in [5, 5.41) is 1.29. The Balaban J connectivity index is 1.66. The standard InChI is InChI=1S/C31H39P3/c1-26(2,3)25-33-24-29(23-18-14-11-15-19-23)31(34(25)29,28(7,8)9)32(30(24,33)27(4,5)6)21-20-22-16-12-10-13-17-22/h10-19,24-25H,1-9H3/t24-,25-,29+,30+,31+,32-,33?,34?/m0/s1. The first-order valence-corrected chi connectivity index (χ1v) is 17.0. The molecule has 2 aromatic carbocycles. The van der Waals surface area contributed by atoms with Crippen molar-refractivity contribution in [3.63, 3.8) is 0 Å². The number of hydrogen-bond donors (Lipinski definition) is 0. The van der Waals surface area contributed by atoms with Crippen LogP contribution in [0.2, 0.25) is 0 Å². The minimum atomic E-state index is -0.427. The summed E-state index contributed by atoms with van der Waals surface area (Å²) >= 11 is 0. The lowest BCUT2D eigenvalue weighted by Gasteiger charge is -2.51. The predicted molar refractivity (Wildman–Crippen MR) is 154 cm³/mol. The summed E-state index contributed by atoms with van der Waals surface area (Å²) in [6.07, 6.45) is 0. The summed E-state index contributed by atoms with van der Waals surface area (Å²) in [5.74, 6) is 3.76. The molecule has 0 spiro atoms. The van der Waals surface area contributed by atoms with Gasteiger partial charge < -0.3 is 0 Å². The summed E-state index contributed by atoms with van der Waals surface area (Å²) < 4.78 is 0. The van der Waals surface area contributed by atoms with Crippen LogP contribution in [0.4, 0.5) is 0 Å². The van der Waals surface area contributed by atoms with Gasteiger partial charge in [0.25, 0.3) is 0 Å². The van der Waals surface area contributed by atoms with E-state index in [9.17, 15) is 0 Å². The third-order valence-corrected chi connectivity index (χ3v) is 25.6. The van der Waals surface area contributed by atoms with Gasteiger partial charge in [0.1, 0.15) is 0 Å². The fourth-order valence-corrected chi connectivity index (χ4v) is 31.3. The van der Waals surface area contributed by atoms with Crippen molar-refractivity contribution in [2.45, 2.75) is 88.3 Å². The first-order chi connectivity index (χ1) is 15.8. The van der Waals surface area contributed by atoms with Gasteiger partial charge in [0, 0.05) is 31.6 Å². The number of benzene rings is 2.